The van der Waals surface area contributed by atoms with Crippen LogP contribution in [0.25, 0.3) is 6.08 Å². The fraction of sp³-hybridized carbons (Fsp3) is 0.130. The molecule has 9 nitrogen and oxygen atoms in total. The third-order valence-corrected chi connectivity index (χ3v) is 12.2. The third kappa shape index (κ3) is 10.2. The number of methoxy groups -OCH3 is 1. The molecule has 13 heteroatoms. The molecule has 5 aromatic carbocycles. The maximum atomic E-state index is 14.9. The Morgan fingerprint density at radius 1 is 0.881 bits per heavy atom. The van der Waals surface area contributed by atoms with Crippen LogP contribution in [0.5, 0.6) is 0 Å². The van der Waals surface area contributed by atoms with Crippen LogP contribution in [-0.2, 0) is 33.8 Å². The molecular formula is C46H38ClFN4O5S2. The molecule has 0 fully saturated rings. The van der Waals surface area contributed by atoms with Crippen LogP contribution in [0.3, 0.4) is 0 Å². The summed E-state index contributed by atoms with van der Waals surface area (Å²) in [6.45, 7) is 2.14. The molecule has 3 amide bonds. The molecule has 3 N–H and O–H groups in total. The highest BCUT2D eigenvalue weighted by Gasteiger charge is 2.31. The summed E-state index contributed by atoms with van der Waals surface area (Å²) < 4.78 is 20.1. The number of nitrogens with zero attached hydrogens (tertiary/aromatic N) is 1. The van der Waals surface area contributed by atoms with Gasteiger partial charge in [-0.15, -0.1) is 23.1 Å². The van der Waals surface area contributed by atoms with E-state index in [0.29, 0.717) is 39.7 Å². The molecule has 7 rings (SSSR count). The zero-order valence-corrected chi connectivity index (χ0v) is 34.1. The Hall–Kier alpha value is -6.05. The van der Waals surface area contributed by atoms with E-state index < -0.39 is 28.9 Å². The van der Waals surface area contributed by atoms with Crippen molar-refractivity contribution in [2.75, 3.05) is 24.3 Å². The largest absolute Gasteiger partial charge is 0.465 e. The van der Waals surface area contributed by atoms with Crippen molar-refractivity contribution in [3.63, 3.8) is 0 Å². The number of nitrogens with one attached hydrogen (secondary N) is 3. The molecule has 1 unspecified atom stereocenters. The van der Waals surface area contributed by atoms with Crippen molar-refractivity contribution in [3.05, 3.63) is 188 Å². The van der Waals surface area contributed by atoms with E-state index in [1.54, 1.807) is 48.5 Å². The Morgan fingerprint density at radius 3 is 2.29 bits per heavy atom. The Labute approximate surface area is 354 Å². The highest BCUT2D eigenvalue weighted by molar-refractivity contribution is 8.00. The second-order valence-electron chi connectivity index (χ2n) is 13.5. The number of hydrogen-bond acceptors (Lipinski definition) is 8. The summed E-state index contributed by atoms with van der Waals surface area (Å²) in [7, 11) is 1.34. The molecule has 1 aliphatic heterocycles. The number of carbonyl (C=O) groups is 4. The molecule has 0 radical (unpaired) electrons. The van der Waals surface area contributed by atoms with E-state index in [0.717, 1.165) is 29.1 Å². The van der Waals surface area contributed by atoms with Gasteiger partial charge in [0.2, 0.25) is 5.91 Å². The summed E-state index contributed by atoms with van der Waals surface area (Å²) >= 11 is 8.93. The first-order valence-electron chi connectivity index (χ1n) is 18.6. The molecule has 1 atom stereocenters. The number of amides is 3. The number of rotatable bonds is 13. The van der Waals surface area contributed by atoms with Gasteiger partial charge in [-0.25, -0.2) is 9.18 Å². The molecule has 1 aromatic heterocycles. The summed E-state index contributed by atoms with van der Waals surface area (Å²) in [6.07, 6.45) is 1.82. The lowest BCUT2D eigenvalue weighted by atomic mass is 10.0. The Bertz CT molecular complexity index is 2500. The van der Waals surface area contributed by atoms with E-state index in [4.69, 9.17) is 16.3 Å². The molecule has 1 aliphatic rings. The monoisotopic (exact) mass is 844 g/mol. The molecule has 0 aliphatic carbocycles. The van der Waals surface area contributed by atoms with E-state index in [9.17, 15) is 23.6 Å². The van der Waals surface area contributed by atoms with Crippen LogP contribution >= 0.6 is 34.7 Å². The number of anilines is 2. The van der Waals surface area contributed by atoms with Crippen molar-refractivity contribution in [1.29, 1.82) is 0 Å². The summed E-state index contributed by atoms with van der Waals surface area (Å²) in [5.74, 6) is -2.84. The fourth-order valence-electron chi connectivity index (χ4n) is 6.63. The minimum absolute atomic E-state index is 0.0549. The fourth-order valence-corrected chi connectivity index (χ4v) is 9.22. The maximum Gasteiger partial charge on any atom is 0.341 e. The average molecular weight is 845 g/mol. The van der Waals surface area contributed by atoms with Gasteiger partial charge in [0.15, 0.2) is 0 Å². The summed E-state index contributed by atoms with van der Waals surface area (Å²) in [4.78, 5) is 58.5. The number of fused-ring (bicyclic) bond motifs is 1. The lowest BCUT2D eigenvalue weighted by Crippen LogP contribution is -2.30. The number of benzene rings is 5. The zero-order valence-electron chi connectivity index (χ0n) is 31.7. The zero-order chi connectivity index (χ0) is 41.3. The number of thiophene rings is 1. The van der Waals surface area contributed by atoms with Crippen molar-refractivity contribution in [2.24, 2.45) is 0 Å². The summed E-state index contributed by atoms with van der Waals surface area (Å²) in [5.41, 5.74) is 3.51. The van der Waals surface area contributed by atoms with E-state index in [-0.39, 0.29) is 22.2 Å². The molecule has 6 aromatic rings. The molecule has 0 saturated carbocycles. The smallest absolute Gasteiger partial charge is 0.341 e. The summed E-state index contributed by atoms with van der Waals surface area (Å²) in [5, 5.41) is 8.19. The van der Waals surface area contributed by atoms with Crippen molar-refractivity contribution in [3.8, 4) is 0 Å². The number of carbonyl (C=O) groups excluding carboxylic acids is 4. The van der Waals surface area contributed by atoms with Gasteiger partial charge in [-0.3, -0.25) is 19.3 Å². The minimum Gasteiger partial charge on any atom is -0.465 e. The van der Waals surface area contributed by atoms with E-state index in [1.165, 1.54) is 60.0 Å². The number of esters is 1. The van der Waals surface area contributed by atoms with Crippen LogP contribution in [0, 0.1) is 5.82 Å². The predicted octanol–water partition coefficient (Wildman–Crippen LogP) is 9.77. The van der Waals surface area contributed by atoms with Gasteiger partial charge < -0.3 is 20.7 Å². The standard InChI is InChI=1S/C46H38ClFN4O5S2/c1-57-46(56)40-34-23-24-52(27-29-13-5-2-6-14-29)28-39(34)59-45(40)51-44(55)41(30-15-7-3-8-16-30)58-33-20-11-19-32(25-33)49-43(54)38(26-35-36(47)21-12-22-37(35)48)50-42(53)31-17-9-4-10-18-31/h2-22,25-26,41H,23-24,27-28H2,1H3,(H,49,54)(H,50,53)(H,51,55)/b38-26+. The van der Waals surface area contributed by atoms with Gasteiger partial charge in [-0.05, 0) is 71.7 Å². The highest BCUT2D eigenvalue weighted by Crippen LogP contribution is 2.41. The normalized spacial score (nSPS) is 13.2. The van der Waals surface area contributed by atoms with Crippen LogP contribution in [0.4, 0.5) is 15.1 Å². The first-order valence-corrected chi connectivity index (χ1v) is 20.7. The Kier molecular flexibility index (Phi) is 13.3. The van der Waals surface area contributed by atoms with E-state index >= 15 is 0 Å². The average Bonchev–Trinajstić information content (AvgIpc) is 3.61. The lowest BCUT2D eigenvalue weighted by molar-refractivity contribution is -0.116. The van der Waals surface area contributed by atoms with Crippen molar-refractivity contribution in [1.82, 2.24) is 10.2 Å². The molecule has 0 bridgehead atoms. The molecule has 0 saturated heterocycles. The van der Waals surface area contributed by atoms with Gasteiger partial charge in [0.1, 0.15) is 21.8 Å². The van der Waals surface area contributed by atoms with Gasteiger partial charge in [-0.2, -0.15) is 0 Å². The summed E-state index contributed by atoms with van der Waals surface area (Å²) in [6, 6.07) is 38.8. The maximum absolute atomic E-state index is 14.9. The van der Waals surface area contributed by atoms with Crippen LogP contribution in [0.1, 0.15) is 53.1 Å². The van der Waals surface area contributed by atoms with E-state index in [1.807, 2.05) is 54.6 Å². The first-order chi connectivity index (χ1) is 28.7. The van der Waals surface area contributed by atoms with Crippen LogP contribution in [0.2, 0.25) is 5.02 Å². The number of halogens is 2. The molecule has 59 heavy (non-hydrogen) atoms. The van der Waals surface area contributed by atoms with Gasteiger partial charge >= 0.3 is 5.97 Å². The van der Waals surface area contributed by atoms with Crippen molar-refractivity contribution < 1.29 is 28.3 Å². The molecular weight excluding hydrogens is 807 g/mol. The number of hydrogen-bond donors (Lipinski definition) is 3. The van der Waals surface area contributed by atoms with Gasteiger partial charge in [0.25, 0.3) is 11.8 Å². The van der Waals surface area contributed by atoms with Crippen molar-refractivity contribution in [2.45, 2.75) is 29.7 Å². The van der Waals surface area contributed by atoms with Crippen LogP contribution < -0.4 is 16.0 Å². The Balaban J connectivity index is 1.13. The highest BCUT2D eigenvalue weighted by atomic mass is 35.5. The van der Waals surface area contributed by atoms with Gasteiger partial charge in [0.05, 0.1) is 17.7 Å². The SMILES string of the molecule is COC(=O)c1c(NC(=O)C(Sc2cccc(NC(=O)/C(=C\c3c(F)cccc3Cl)NC(=O)c3ccccc3)c2)c2ccccc2)sc2c1CCN(Cc1ccccc1)C2. The van der Waals surface area contributed by atoms with Gasteiger partial charge in [-0.1, -0.05) is 103 Å². The topological polar surface area (TPSA) is 117 Å². The third-order valence-electron chi connectivity index (χ3n) is 9.51. The van der Waals surface area contributed by atoms with Crippen molar-refractivity contribution >= 4 is 75.2 Å². The molecule has 2 heterocycles. The predicted molar refractivity (Wildman–Crippen MR) is 232 cm³/mol. The second kappa shape index (κ2) is 19.1. The van der Waals surface area contributed by atoms with Crippen LogP contribution in [-0.4, -0.2) is 42.2 Å². The number of thioether (sulfide) groups is 1. The first kappa shape index (κ1) is 41.1. The lowest BCUT2D eigenvalue weighted by Gasteiger charge is -2.27. The molecule has 0 spiro atoms. The Morgan fingerprint density at radius 2 is 1.58 bits per heavy atom. The van der Waals surface area contributed by atoms with Crippen LogP contribution in [0.15, 0.2) is 144 Å². The second-order valence-corrected chi connectivity index (χ2v) is 16.2. The van der Waals surface area contributed by atoms with Gasteiger partial charge in [0, 0.05) is 46.2 Å². The minimum atomic E-state index is -0.773. The van der Waals surface area contributed by atoms with E-state index in [2.05, 4.69) is 33.0 Å². The quantitative estimate of drug-likeness (QED) is 0.0602. The molecule has 298 valence electrons. The number of ether oxygens (including phenoxy) is 1.